The largest absolute Gasteiger partial charge is 0.481 e. The van der Waals surface area contributed by atoms with Crippen molar-refractivity contribution >= 4 is 11.9 Å². The summed E-state index contributed by atoms with van der Waals surface area (Å²) in [5.74, 6) is 2.18. The molecular formula is C41H68O4. The number of fused-ring (bicyclic) bond motifs is 7. The molecule has 5 fully saturated rings. The Bertz CT molecular complexity index is 1150. The number of ether oxygens (including phenoxy) is 1. The van der Waals surface area contributed by atoms with Crippen LogP contribution in [0.2, 0.25) is 0 Å². The van der Waals surface area contributed by atoms with E-state index in [-0.39, 0.29) is 29.3 Å². The van der Waals surface area contributed by atoms with E-state index in [1.807, 2.05) is 0 Å². The molecule has 0 aromatic rings. The first kappa shape index (κ1) is 35.0. The van der Waals surface area contributed by atoms with Crippen molar-refractivity contribution < 1.29 is 19.4 Å². The van der Waals surface area contributed by atoms with Crippen LogP contribution in [0.3, 0.4) is 0 Å². The first-order chi connectivity index (χ1) is 20.9. The minimum absolute atomic E-state index is 0.0796. The third-order valence-electron chi connectivity index (χ3n) is 16.1. The molecule has 4 nitrogen and oxygen atoms in total. The molecule has 5 aliphatic rings. The predicted octanol–water partition coefficient (Wildman–Crippen LogP) is 11.0. The standard InChI is InChI=1S/C41H68O4/c1-11-12-13-14-20-41-23-17-28(27(2)3)34(41)29-15-16-31-38(8)21-19-32(45-33(42)26-36(4,5)35(43)44)37(6,7)30(38)18-22-40(31,10)39(29,9)24-25-41/h28-32,34H,2,11-26H2,1,3-10H3,(H,43,44)/t28?,29-,30+,31-,32+,34-,38+,39-,40-,41-/m1/s1. The number of rotatable bonds is 10. The summed E-state index contributed by atoms with van der Waals surface area (Å²) in [5, 5.41) is 9.58. The van der Waals surface area contributed by atoms with Gasteiger partial charge in [-0.25, -0.2) is 0 Å². The van der Waals surface area contributed by atoms with Gasteiger partial charge in [0.05, 0.1) is 11.8 Å². The lowest BCUT2D eigenvalue weighted by Crippen LogP contribution is -2.66. The first-order valence-electron chi connectivity index (χ1n) is 19.0. The summed E-state index contributed by atoms with van der Waals surface area (Å²) in [6, 6.07) is 0. The Morgan fingerprint density at radius 1 is 0.844 bits per heavy atom. The number of hydrogen-bond donors (Lipinski definition) is 1. The molecule has 45 heavy (non-hydrogen) atoms. The average molecular weight is 625 g/mol. The molecule has 0 heterocycles. The Balaban J connectivity index is 1.39. The lowest BCUT2D eigenvalue weighted by molar-refractivity contribution is -0.250. The number of carboxylic acids is 1. The summed E-state index contributed by atoms with van der Waals surface area (Å²) in [6.07, 6.45) is 19.4. The van der Waals surface area contributed by atoms with Crippen molar-refractivity contribution in [1.29, 1.82) is 0 Å². The third-order valence-corrected chi connectivity index (χ3v) is 16.1. The second-order valence-electron chi connectivity index (χ2n) is 19.1. The summed E-state index contributed by atoms with van der Waals surface area (Å²) >= 11 is 0. The van der Waals surface area contributed by atoms with E-state index in [9.17, 15) is 14.7 Å². The molecule has 0 aromatic carbocycles. The van der Waals surface area contributed by atoms with Crippen molar-refractivity contribution in [2.45, 2.75) is 171 Å². The Labute approximate surface area is 276 Å². The molecule has 0 aromatic heterocycles. The van der Waals surface area contributed by atoms with Crippen LogP contribution in [0.25, 0.3) is 0 Å². The van der Waals surface area contributed by atoms with Gasteiger partial charge in [0.2, 0.25) is 0 Å². The summed E-state index contributed by atoms with van der Waals surface area (Å²) in [4.78, 5) is 24.7. The number of esters is 1. The van der Waals surface area contributed by atoms with Crippen molar-refractivity contribution in [3.63, 3.8) is 0 Å². The quantitative estimate of drug-likeness (QED) is 0.149. The maximum atomic E-state index is 13.0. The lowest BCUT2D eigenvalue weighted by Gasteiger charge is -2.73. The van der Waals surface area contributed by atoms with Crippen molar-refractivity contribution in [1.82, 2.24) is 0 Å². The Morgan fingerprint density at radius 2 is 1.56 bits per heavy atom. The highest BCUT2D eigenvalue weighted by Crippen LogP contribution is 2.78. The molecule has 0 bridgehead atoms. The number of allylic oxidation sites excluding steroid dienone is 1. The van der Waals surface area contributed by atoms with E-state index in [0.717, 1.165) is 24.7 Å². The zero-order chi connectivity index (χ0) is 33.2. The van der Waals surface area contributed by atoms with Crippen molar-refractivity contribution in [2.75, 3.05) is 0 Å². The van der Waals surface area contributed by atoms with E-state index in [0.29, 0.717) is 34.0 Å². The van der Waals surface area contributed by atoms with Crippen LogP contribution in [0.15, 0.2) is 12.2 Å². The smallest absolute Gasteiger partial charge is 0.309 e. The number of carbonyl (C=O) groups is 2. The molecule has 0 saturated heterocycles. The summed E-state index contributed by atoms with van der Waals surface area (Å²) in [7, 11) is 0. The second kappa shape index (κ2) is 12.0. The predicted molar refractivity (Wildman–Crippen MR) is 184 cm³/mol. The van der Waals surface area contributed by atoms with Gasteiger partial charge in [-0.1, -0.05) is 79.4 Å². The molecule has 0 amide bonds. The van der Waals surface area contributed by atoms with Gasteiger partial charge >= 0.3 is 11.9 Å². The van der Waals surface area contributed by atoms with E-state index < -0.39 is 11.4 Å². The molecule has 4 heteroatoms. The van der Waals surface area contributed by atoms with Gasteiger partial charge < -0.3 is 9.84 Å². The Hall–Kier alpha value is -1.32. The van der Waals surface area contributed by atoms with Gasteiger partial charge in [0.1, 0.15) is 6.10 Å². The van der Waals surface area contributed by atoms with E-state index in [1.165, 1.54) is 89.0 Å². The normalized spacial score (nSPS) is 43.8. The minimum Gasteiger partial charge on any atom is -0.481 e. The van der Waals surface area contributed by atoms with Gasteiger partial charge in [0.15, 0.2) is 0 Å². The fourth-order valence-corrected chi connectivity index (χ4v) is 13.4. The highest BCUT2D eigenvalue weighted by molar-refractivity contribution is 5.81. The van der Waals surface area contributed by atoms with Crippen LogP contribution in [0, 0.1) is 62.1 Å². The van der Waals surface area contributed by atoms with Crippen LogP contribution in [0.4, 0.5) is 0 Å². The summed E-state index contributed by atoms with van der Waals surface area (Å²) in [5.41, 5.74) is 1.64. The van der Waals surface area contributed by atoms with Crippen LogP contribution in [0.1, 0.15) is 165 Å². The van der Waals surface area contributed by atoms with Gasteiger partial charge in [-0.2, -0.15) is 0 Å². The van der Waals surface area contributed by atoms with E-state index in [1.54, 1.807) is 13.8 Å². The van der Waals surface area contributed by atoms with Crippen molar-refractivity contribution in [3.05, 3.63) is 12.2 Å². The van der Waals surface area contributed by atoms with Gasteiger partial charge in [-0.3, -0.25) is 9.59 Å². The van der Waals surface area contributed by atoms with Crippen molar-refractivity contribution in [3.8, 4) is 0 Å². The first-order valence-corrected chi connectivity index (χ1v) is 19.0. The number of aliphatic carboxylic acids is 1. The molecule has 5 saturated carbocycles. The fourth-order valence-electron chi connectivity index (χ4n) is 13.4. The molecule has 5 aliphatic carbocycles. The fraction of sp³-hybridized carbons (Fsp3) is 0.902. The topological polar surface area (TPSA) is 63.6 Å². The highest BCUT2D eigenvalue weighted by Gasteiger charge is 2.71. The second-order valence-corrected chi connectivity index (χ2v) is 19.1. The Morgan fingerprint density at radius 3 is 2.20 bits per heavy atom. The highest BCUT2D eigenvalue weighted by atomic mass is 16.5. The number of carbonyl (C=O) groups excluding carboxylic acids is 1. The monoisotopic (exact) mass is 625 g/mol. The van der Waals surface area contributed by atoms with Crippen molar-refractivity contribution in [2.24, 2.45) is 62.1 Å². The van der Waals surface area contributed by atoms with Crippen LogP contribution < -0.4 is 0 Å². The third kappa shape index (κ3) is 5.47. The van der Waals surface area contributed by atoms with Crippen LogP contribution in [0.5, 0.6) is 0 Å². The average Bonchev–Trinajstić information content (AvgIpc) is 3.33. The van der Waals surface area contributed by atoms with E-state index >= 15 is 0 Å². The summed E-state index contributed by atoms with van der Waals surface area (Å²) in [6.45, 7) is 25.3. The molecule has 256 valence electrons. The van der Waals surface area contributed by atoms with E-state index in [2.05, 4.69) is 55.0 Å². The number of carboxylic acid groups (broad SMARTS) is 1. The van der Waals surface area contributed by atoms with Gasteiger partial charge in [0, 0.05) is 5.41 Å². The zero-order valence-corrected chi connectivity index (χ0v) is 30.7. The van der Waals surface area contributed by atoms with Crippen LogP contribution >= 0.6 is 0 Å². The molecule has 0 spiro atoms. The van der Waals surface area contributed by atoms with Crippen LogP contribution in [-0.4, -0.2) is 23.1 Å². The molecule has 1 N–H and O–H groups in total. The zero-order valence-electron chi connectivity index (χ0n) is 30.7. The lowest BCUT2D eigenvalue weighted by atomic mass is 9.32. The molecule has 10 atom stereocenters. The molecular weight excluding hydrogens is 556 g/mol. The number of hydrogen-bond acceptors (Lipinski definition) is 3. The minimum atomic E-state index is -1.11. The molecule has 5 rings (SSSR count). The van der Waals surface area contributed by atoms with E-state index in [4.69, 9.17) is 4.74 Å². The van der Waals surface area contributed by atoms with Gasteiger partial charge in [-0.15, -0.1) is 0 Å². The molecule has 0 radical (unpaired) electrons. The molecule has 1 unspecified atom stereocenters. The molecule has 0 aliphatic heterocycles. The maximum absolute atomic E-state index is 13.0. The Kier molecular flexibility index (Phi) is 9.32. The number of unbranched alkanes of at least 4 members (excludes halogenated alkanes) is 3. The van der Waals surface area contributed by atoms with Gasteiger partial charge in [0.25, 0.3) is 0 Å². The van der Waals surface area contributed by atoms with Gasteiger partial charge in [-0.05, 0) is 143 Å². The SMILES string of the molecule is C=C(C)C1CC[C@]2(CCCCCC)CC[C@]3(C)[C@H](CC[C@@H]4[C@@]5(C)CC[C@H](OC(=O)CC(C)(C)C(=O)O)C(C)(C)[C@@H]5CC[C@]43C)[C@@H]12. The maximum Gasteiger partial charge on any atom is 0.309 e. The summed E-state index contributed by atoms with van der Waals surface area (Å²) < 4.78 is 6.18. The van der Waals surface area contributed by atoms with Crippen LogP contribution in [-0.2, 0) is 14.3 Å².